The summed E-state index contributed by atoms with van der Waals surface area (Å²) in [6, 6.07) is 6.29. The zero-order valence-electron chi connectivity index (χ0n) is 9.37. The number of hydrogen-bond acceptors (Lipinski definition) is 4. The standard InChI is InChI=1S/C12H15NO4/c14-11(13-5-7-17-8-6-13)9-1-3-10(4-2-9)12(15)16/h1-4,12,15-16H,5-8H2. The van der Waals surface area contributed by atoms with Gasteiger partial charge in [-0.1, -0.05) is 12.1 Å². The molecule has 1 aromatic carbocycles. The molecule has 0 atom stereocenters. The van der Waals surface area contributed by atoms with Crippen molar-refractivity contribution in [3.05, 3.63) is 35.4 Å². The summed E-state index contributed by atoms with van der Waals surface area (Å²) < 4.78 is 5.18. The summed E-state index contributed by atoms with van der Waals surface area (Å²) in [4.78, 5) is 13.8. The van der Waals surface area contributed by atoms with Crippen molar-refractivity contribution in [2.75, 3.05) is 26.3 Å². The van der Waals surface area contributed by atoms with Crippen molar-refractivity contribution >= 4 is 5.91 Å². The summed E-state index contributed by atoms with van der Waals surface area (Å²) in [6.45, 7) is 2.34. The highest BCUT2D eigenvalue weighted by molar-refractivity contribution is 5.94. The van der Waals surface area contributed by atoms with E-state index in [0.29, 0.717) is 37.4 Å². The number of nitrogens with zero attached hydrogens (tertiary/aromatic N) is 1. The molecule has 0 aliphatic carbocycles. The summed E-state index contributed by atoms with van der Waals surface area (Å²) in [5.74, 6) is -0.0488. The third-order valence-electron chi connectivity index (χ3n) is 2.75. The Labute approximate surface area is 99.2 Å². The van der Waals surface area contributed by atoms with Gasteiger partial charge in [0, 0.05) is 24.2 Å². The predicted molar refractivity (Wildman–Crippen MR) is 60.3 cm³/mol. The van der Waals surface area contributed by atoms with Gasteiger partial charge in [-0.15, -0.1) is 0 Å². The number of ether oxygens (including phenoxy) is 1. The highest BCUT2D eigenvalue weighted by atomic mass is 16.5. The predicted octanol–water partition coefficient (Wildman–Crippen LogP) is 0.142. The molecule has 0 saturated carbocycles. The third-order valence-corrected chi connectivity index (χ3v) is 2.75. The van der Waals surface area contributed by atoms with Crippen molar-refractivity contribution in [2.24, 2.45) is 0 Å². The summed E-state index contributed by atoms with van der Waals surface area (Å²) in [5.41, 5.74) is 0.930. The van der Waals surface area contributed by atoms with Gasteiger partial charge in [0.05, 0.1) is 13.2 Å². The Bertz CT molecular complexity index is 382. The molecule has 1 aliphatic heterocycles. The van der Waals surface area contributed by atoms with Gasteiger partial charge < -0.3 is 19.8 Å². The van der Waals surface area contributed by atoms with Crippen LogP contribution in [0.1, 0.15) is 22.2 Å². The molecule has 0 aromatic heterocycles. The van der Waals surface area contributed by atoms with E-state index in [4.69, 9.17) is 14.9 Å². The molecule has 5 nitrogen and oxygen atoms in total. The van der Waals surface area contributed by atoms with E-state index in [9.17, 15) is 4.79 Å². The Kier molecular flexibility index (Phi) is 3.73. The van der Waals surface area contributed by atoms with E-state index in [1.807, 2.05) is 0 Å². The maximum atomic E-state index is 12.0. The summed E-state index contributed by atoms with van der Waals surface area (Å²) in [6.07, 6.45) is -1.50. The minimum atomic E-state index is -1.50. The molecule has 1 heterocycles. The van der Waals surface area contributed by atoms with Crippen molar-refractivity contribution in [2.45, 2.75) is 6.29 Å². The lowest BCUT2D eigenvalue weighted by Gasteiger charge is -2.26. The number of aliphatic hydroxyl groups is 2. The Hall–Kier alpha value is -1.43. The maximum absolute atomic E-state index is 12.0. The van der Waals surface area contributed by atoms with Crippen LogP contribution in [0.25, 0.3) is 0 Å². The summed E-state index contributed by atoms with van der Waals surface area (Å²) in [5, 5.41) is 17.9. The fraction of sp³-hybridized carbons (Fsp3) is 0.417. The summed E-state index contributed by atoms with van der Waals surface area (Å²) >= 11 is 0. The fourth-order valence-corrected chi connectivity index (χ4v) is 1.75. The van der Waals surface area contributed by atoms with E-state index in [1.54, 1.807) is 29.2 Å². The van der Waals surface area contributed by atoms with Crippen molar-refractivity contribution in [1.82, 2.24) is 4.90 Å². The molecule has 1 aliphatic rings. The molecule has 0 bridgehead atoms. The van der Waals surface area contributed by atoms with E-state index in [1.165, 1.54) is 0 Å². The van der Waals surface area contributed by atoms with Crippen LogP contribution in [0.5, 0.6) is 0 Å². The van der Waals surface area contributed by atoms with Crippen molar-refractivity contribution in [3.8, 4) is 0 Å². The van der Waals surface area contributed by atoms with Gasteiger partial charge in [0.1, 0.15) is 0 Å². The van der Waals surface area contributed by atoms with Crippen LogP contribution in [-0.2, 0) is 4.74 Å². The lowest BCUT2D eigenvalue weighted by Crippen LogP contribution is -2.40. The second-order valence-corrected chi connectivity index (χ2v) is 3.90. The molecule has 1 aromatic rings. The van der Waals surface area contributed by atoms with Gasteiger partial charge in [-0.05, 0) is 12.1 Å². The number of rotatable bonds is 2. The SMILES string of the molecule is O=C(c1ccc(C(O)O)cc1)N1CCOCC1. The van der Waals surface area contributed by atoms with Crippen LogP contribution >= 0.6 is 0 Å². The number of amides is 1. The normalized spacial score (nSPS) is 16.3. The minimum absolute atomic E-state index is 0.0488. The lowest BCUT2D eigenvalue weighted by molar-refractivity contribution is -0.0425. The van der Waals surface area contributed by atoms with Crippen LogP contribution in [0.15, 0.2) is 24.3 Å². The average Bonchev–Trinajstić information content (AvgIpc) is 2.39. The lowest BCUT2D eigenvalue weighted by atomic mass is 10.1. The molecule has 0 spiro atoms. The first-order valence-corrected chi connectivity index (χ1v) is 5.51. The molecule has 92 valence electrons. The van der Waals surface area contributed by atoms with Crippen LogP contribution < -0.4 is 0 Å². The van der Waals surface area contributed by atoms with Crippen LogP contribution in [0.3, 0.4) is 0 Å². The molecule has 1 amide bonds. The van der Waals surface area contributed by atoms with Gasteiger partial charge in [-0.3, -0.25) is 4.79 Å². The van der Waals surface area contributed by atoms with E-state index in [2.05, 4.69) is 0 Å². The highest BCUT2D eigenvalue weighted by Gasteiger charge is 2.18. The quantitative estimate of drug-likeness (QED) is 0.718. The third kappa shape index (κ3) is 2.82. The van der Waals surface area contributed by atoms with Crippen molar-refractivity contribution in [1.29, 1.82) is 0 Å². The minimum Gasteiger partial charge on any atom is -0.378 e. The molecule has 0 unspecified atom stereocenters. The van der Waals surface area contributed by atoms with Gasteiger partial charge in [0.25, 0.3) is 5.91 Å². The van der Waals surface area contributed by atoms with Gasteiger partial charge in [-0.2, -0.15) is 0 Å². The number of morpholine rings is 1. The van der Waals surface area contributed by atoms with Crippen LogP contribution in [0.4, 0.5) is 0 Å². The molecule has 5 heteroatoms. The monoisotopic (exact) mass is 237 g/mol. The number of benzene rings is 1. The van der Waals surface area contributed by atoms with Gasteiger partial charge in [-0.25, -0.2) is 0 Å². The van der Waals surface area contributed by atoms with E-state index in [-0.39, 0.29) is 5.91 Å². The number of aliphatic hydroxyl groups excluding tert-OH is 1. The second kappa shape index (κ2) is 5.27. The number of hydrogen-bond donors (Lipinski definition) is 2. The Morgan fingerprint density at radius 1 is 1.18 bits per heavy atom. The van der Waals surface area contributed by atoms with Gasteiger partial charge in [0.15, 0.2) is 6.29 Å². The van der Waals surface area contributed by atoms with Crippen LogP contribution in [-0.4, -0.2) is 47.3 Å². The van der Waals surface area contributed by atoms with Crippen molar-refractivity contribution in [3.63, 3.8) is 0 Å². The molecule has 17 heavy (non-hydrogen) atoms. The molecular weight excluding hydrogens is 222 g/mol. The Morgan fingerprint density at radius 3 is 2.29 bits per heavy atom. The first kappa shape index (κ1) is 12.0. The van der Waals surface area contributed by atoms with Gasteiger partial charge in [0.2, 0.25) is 0 Å². The first-order chi connectivity index (χ1) is 8.18. The molecular formula is C12H15NO4. The Balaban J connectivity index is 2.08. The molecule has 1 fully saturated rings. The van der Waals surface area contributed by atoms with E-state index < -0.39 is 6.29 Å². The largest absolute Gasteiger partial charge is 0.378 e. The second-order valence-electron chi connectivity index (χ2n) is 3.90. The molecule has 2 N–H and O–H groups in total. The first-order valence-electron chi connectivity index (χ1n) is 5.51. The zero-order valence-corrected chi connectivity index (χ0v) is 9.37. The van der Waals surface area contributed by atoms with E-state index in [0.717, 1.165) is 0 Å². The van der Waals surface area contributed by atoms with Crippen LogP contribution in [0, 0.1) is 0 Å². The molecule has 0 radical (unpaired) electrons. The van der Waals surface area contributed by atoms with Crippen molar-refractivity contribution < 1.29 is 19.7 Å². The maximum Gasteiger partial charge on any atom is 0.254 e. The smallest absolute Gasteiger partial charge is 0.254 e. The number of carbonyl (C=O) groups is 1. The van der Waals surface area contributed by atoms with Crippen LogP contribution in [0.2, 0.25) is 0 Å². The number of carbonyl (C=O) groups excluding carboxylic acids is 1. The molecule has 1 saturated heterocycles. The van der Waals surface area contributed by atoms with Gasteiger partial charge >= 0.3 is 0 Å². The topological polar surface area (TPSA) is 70.0 Å². The average molecular weight is 237 g/mol. The Morgan fingerprint density at radius 2 is 1.76 bits per heavy atom. The highest BCUT2D eigenvalue weighted by Crippen LogP contribution is 2.13. The summed E-state index contributed by atoms with van der Waals surface area (Å²) in [7, 11) is 0. The molecule has 2 rings (SSSR count). The van der Waals surface area contributed by atoms with E-state index >= 15 is 0 Å². The zero-order chi connectivity index (χ0) is 12.3. The fourth-order valence-electron chi connectivity index (χ4n) is 1.75.